The number of aromatic nitrogens is 2. The largest absolute Gasteiger partial charge is 0.368 e. The number of fused-ring (bicyclic) bond motifs is 1. The number of hydrogen-bond acceptors (Lipinski definition) is 3. The molecular weight excluding hydrogens is 186 g/mol. The monoisotopic (exact) mass is 201 g/mol. The van der Waals surface area contributed by atoms with Crippen molar-refractivity contribution in [2.24, 2.45) is 0 Å². The molecule has 0 aliphatic heterocycles. The second kappa shape index (κ2) is 3.85. The summed E-state index contributed by atoms with van der Waals surface area (Å²) in [6, 6.07) is 6.43. The average Bonchev–Trinajstić information content (AvgIpc) is 2.16. The highest BCUT2D eigenvalue weighted by molar-refractivity contribution is 5.80. The zero-order valence-electron chi connectivity index (χ0n) is 9.28. The van der Waals surface area contributed by atoms with Gasteiger partial charge in [0.2, 0.25) is 0 Å². The standard InChI is InChI=1S/C12H15N3/c1-8(2)14-11-7-9(3)10-5-4-6-13-12(10)15-11/h4-8H,1-3H3,(H,13,14,15). The SMILES string of the molecule is Cc1cc(NC(C)C)nc2ncccc12. The zero-order valence-corrected chi connectivity index (χ0v) is 9.28. The molecular formula is C12H15N3. The van der Waals surface area contributed by atoms with E-state index in [-0.39, 0.29) is 0 Å². The van der Waals surface area contributed by atoms with Crippen molar-refractivity contribution in [3.63, 3.8) is 0 Å². The number of rotatable bonds is 2. The first-order valence-corrected chi connectivity index (χ1v) is 5.16. The van der Waals surface area contributed by atoms with Crippen LogP contribution < -0.4 is 5.32 Å². The first-order valence-electron chi connectivity index (χ1n) is 5.16. The highest BCUT2D eigenvalue weighted by Gasteiger charge is 2.03. The molecule has 0 bridgehead atoms. The Balaban J connectivity index is 2.52. The summed E-state index contributed by atoms with van der Waals surface area (Å²) in [5, 5.41) is 4.40. The van der Waals surface area contributed by atoms with Crippen molar-refractivity contribution in [3.05, 3.63) is 30.0 Å². The summed E-state index contributed by atoms with van der Waals surface area (Å²) in [5.41, 5.74) is 2.01. The van der Waals surface area contributed by atoms with E-state index >= 15 is 0 Å². The molecule has 2 heterocycles. The molecule has 0 fully saturated rings. The van der Waals surface area contributed by atoms with Crippen LogP contribution in [-0.4, -0.2) is 16.0 Å². The van der Waals surface area contributed by atoms with Crippen LogP contribution in [0.3, 0.4) is 0 Å². The number of nitrogens with one attached hydrogen (secondary N) is 1. The van der Waals surface area contributed by atoms with E-state index in [1.807, 2.05) is 12.1 Å². The third-order valence-corrected chi connectivity index (χ3v) is 2.23. The Morgan fingerprint density at radius 1 is 1.33 bits per heavy atom. The molecule has 3 nitrogen and oxygen atoms in total. The molecule has 0 aliphatic rings. The van der Waals surface area contributed by atoms with Crippen LogP contribution >= 0.6 is 0 Å². The van der Waals surface area contributed by atoms with E-state index in [9.17, 15) is 0 Å². The molecule has 0 saturated heterocycles. The van der Waals surface area contributed by atoms with Crippen LogP contribution in [0.25, 0.3) is 11.0 Å². The molecule has 78 valence electrons. The number of pyridine rings is 2. The van der Waals surface area contributed by atoms with Gasteiger partial charge in [-0.05, 0) is 44.5 Å². The van der Waals surface area contributed by atoms with Gasteiger partial charge in [0.05, 0.1) is 0 Å². The molecule has 0 spiro atoms. The summed E-state index contributed by atoms with van der Waals surface area (Å²) >= 11 is 0. The molecule has 15 heavy (non-hydrogen) atoms. The third kappa shape index (κ3) is 2.06. The summed E-state index contributed by atoms with van der Waals surface area (Å²) in [7, 11) is 0. The molecule has 0 radical (unpaired) electrons. The first kappa shape index (κ1) is 9.90. The second-order valence-electron chi connectivity index (χ2n) is 4.00. The van der Waals surface area contributed by atoms with E-state index in [0.717, 1.165) is 16.9 Å². The minimum atomic E-state index is 0.387. The molecule has 0 aliphatic carbocycles. The molecule has 3 heteroatoms. The van der Waals surface area contributed by atoms with E-state index in [1.165, 1.54) is 5.56 Å². The van der Waals surface area contributed by atoms with Crippen LogP contribution in [0.4, 0.5) is 5.82 Å². The molecule has 0 amide bonds. The molecule has 0 unspecified atom stereocenters. The van der Waals surface area contributed by atoms with E-state index in [0.29, 0.717) is 6.04 Å². The van der Waals surface area contributed by atoms with E-state index in [2.05, 4.69) is 42.1 Å². The highest BCUT2D eigenvalue weighted by atomic mass is 15.0. The van der Waals surface area contributed by atoms with Crippen molar-refractivity contribution in [1.82, 2.24) is 9.97 Å². The van der Waals surface area contributed by atoms with Crippen molar-refractivity contribution >= 4 is 16.9 Å². The van der Waals surface area contributed by atoms with Crippen molar-refractivity contribution in [2.75, 3.05) is 5.32 Å². The first-order chi connectivity index (χ1) is 7.16. The maximum Gasteiger partial charge on any atom is 0.161 e. The van der Waals surface area contributed by atoms with Gasteiger partial charge >= 0.3 is 0 Å². The summed E-state index contributed by atoms with van der Waals surface area (Å²) in [6.45, 7) is 6.27. The molecule has 0 aromatic carbocycles. The van der Waals surface area contributed by atoms with E-state index in [4.69, 9.17) is 0 Å². The Hall–Kier alpha value is -1.64. The maximum absolute atomic E-state index is 4.45. The average molecular weight is 201 g/mol. The minimum absolute atomic E-state index is 0.387. The number of anilines is 1. The van der Waals surface area contributed by atoms with Crippen LogP contribution in [0, 0.1) is 6.92 Å². The fraction of sp³-hybridized carbons (Fsp3) is 0.333. The Morgan fingerprint density at radius 3 is 2.87 bits per heavy atom. The quantitative estimate of drug-likeness (QED) is 0.811. The Kier molecular flexibility index (Phi) is 2.54. The molecule has 0 saturated carbocycles. The maximum atomic E-state index is 4.45. The summed E-state index contributed by atoms with van der Waals surface area (Å²) in [5.74, 6) is 0.897. The Bertz CT molecular complexity index is 477. The second-order valence-corrected chi connectivity index (χ2v) is 4.00. The zero-order chi connectivity index (χ0) is 10.8. The van der Waals surface area contributed by atoms with E-state index < -0.39 is 0 Å². The van der Waals surface area contributed by atoms with Gasteiger partial charge in [-0.1, -0.05) is 0 Å². The van der Waals surface area contributed by atoms with Crippen LogP contribution in [0.2, 0.25) is 0 Å². The summed E-state index contributed by atoms with van der Waals surface area (Å²) < 4.78 is 0. The molecule has 2 aromatic rings. The summed E-state index contributed by atoms with van der Waals surface area (Å²) in [6.07, 6.45) is 1.77. The smallest absolute Gasteiger partial charge is 0.161 e. The fourth-order valence-electron chi connectivity index (χ4n) is 1.59. The lowest BCUT2D eigenvalue weighted by atomic mass is 10.2. The topological polar surface area (TPSA) is 37.8 Å². The highest BCUT2D eigenvalue weighted by Crippen LogP contribution is 2.18. The van der Waals surface area contributed by atoms with E-state index in [1.54, 1.807) is 6.20 Å². The van der Waals surface area contributed by atoms with Crippen LogP contribution in [0.1, 0.15) is 19.4 Å². The minimum Gasteiger partial charge on any atom is -0.368 e. The van der Waals surface area contributed by atoms with Gasteiger partial charge in [0.25, 0.3) is 0 Å². The molecule has 1 N–H and O–H groups in total. The summed E-state index contributed by atoms with van der Waals surface area (Å²) in [4.78, 5) is 8.71. The van der Waals surface area contributed by atoms with Crippen molar-refractivity contribution in [2.45, 2.75) is 26.8 Å². The molecule has 2 rings (SSSR count). The van der Waals surface area contributed by atoms with Gasteiger partial charge in [-0.3, -0.25) is 0 Å². The number of aryl methyl sites for hydroxylation is 1. The van der Waals surface area contributed by atoms with Crippen molar-refractivity contribution < 1.29 is 0 Å². The lowest BCUT2D eigenvalue weighted by Crippen LogP contribution is -2.11. The predicted octanol–water partition coefficient (Wildman–Crippen LogP) is 2.76. The molecule has 0 atom stereocenters. The van der Waals surface area contributed by atoms with Gasteiger partial charge in [-0.25, -0.2) is 9.97 Å². The predicted molar refractivity (Wildman–Crippen MR) is 63.0 cm³/mol. The van der Waals surface area contributed by atoms with Gasteiger partial charge in [-0.2, -0.15) is 0 Å². The Labute approximate surface area is 89.6 Å². The van der Waals surface area contributed by atoms with Gasteiger partial charge < -0.3 is 5.32 Å². The van der Waals surface area contributed by atoms with Crippen molar-refractivity contribution in [3.8, 4) is 0 Å². The van der Waals surface area contributed by atoms with Gasteiger partial charge in [0.1, 0.15) is 5.82 Å². The fourth-order valence-corrected chi connectivity index (χ4v) is 1.59. The van der Waals surface area contributed by atoms with Gasteiger partial charge in [0.15, 0.2) is 5.65 Å². The van der Waals surface area contributed by atoms with Gasteiger partial charge in [0, 0.05) is 17.6 Å². The molecule has 2 aromatic heterocycles. The third-order valence-electron chi connectivity index (χ3n) is 2.23. The Morgan fingerprint density at radius 2 is 2.13 bits per heavy atom. The normalized spacial score (nSPS) is 10.9. The number of nitrogens with zero attached hydrogens (tertiary/aromatic N) is 2. The van der Waals surface area contributed by atoms with Crippen LogP contribution in [-0.2, 0) is 0 Å². The van der Waals surface area contributed by atoms with Crippen molar-refractivity contribution in [1.29, 1.82) is 0 Å². The lowest BCUT2D eigenvalue weighted by molar-refractivity contribution is 0.890. The van der Waals surface area contributed by atoms with Crippen LogP contribution in [0.5, 0.6) is 0 Å². The van der Waals surface area contributed by atoms with Gasteiger partial charge in [-0.15, -0.1) is 0 Å². The number of hydrogen-bond donors (Lipinski definition) is 1. The lowest BCUT2D eigenvalue weighted by Gasteiger charge is -2.10. The van der Waals surface area contributed by atoms with Crippen LogP contribution in [0.15, 0.2) is 24.4 Å².